The van der Waals surface area contributed by atoms with Crippen molar-refractivity contribution >= 4 is 23.9 Å². The monoisotopic (exact) mass is 504 g/mol. The van der Waals surface area contributed by atoms with E-state index in [0.717, 1.165) is 32.1 Å². The predicted molar refractivity (Wildman–Crippen MR) is 131 cm³/mol. The third kappa shape index (κ3) is 6.77. The first kappa shape index (κ1) is 27.9. The van der Waals surface area contributed by atoms with E-state index in [4.69, 9.17) is 18.9 Å². The Morgan fingerprint density at radius 3 is 1.31 bits per heavy atom. The molecule has 0 saturated heterocycles. The molecule has 4 aliphatic carbocycles. The lowest BCUT2D eigenvalue weighted by Gasteiger charge is -2.59. The van der Waals surface area contributed by atoms with Gasteiger partial charge in [-0.1, -0.05) is 13.2 Å². The molecule has 0 spiro atoms. The molecule has 4 fully saturated rings. The quantitative estimate of drug-likeness (QED) is 0.148. The van der Waals surface area contributed by atoms with Gasteiger partial charge in [0.2, 0.25) is 0 Å². The molecular weight excluding hydrogens is 464 g/mol. The van der Waals surface area contributed by atoms with Crippen molar-refractivity contribution < 1.29 is 38.1 Å². The van der Waals surface area contributed by atoms with E-state index in [2.05, 4.69) is 13.2 Å². The summed E-state index contributed by atoms with van der Waals surface area (Å²) in [6.45, 7) is 11.4. The summed E-state index contributed by atoms with van der Waals surface area (Å²) in [5, 5.41) is 0. The summed E-state index contributed by atoms with van der Waals surface area (Å²) in [6.07, 6.45) is 7.09. The lowest BCUT2D eigenvalue weighted by Crippen LogP contribution is -2.58. The van der Waals surface area contributed by atoms with Gasteiger partial charge in [0.15, 0.2) is 0 Å². The molecule has 4 aliphatic rings. The molecule has 0 aromatic heterocycles. The van der Waals surface area contributed by atoms with Gasteiger partial charge in [-0.15, -0.1) is 0 Å². The van der Waals surface area contributed by atoms with Crippen molar-refractivity contribution in [3.05, 3.63) is 24.3 Å². The van der Waals surface area contributed by atoms with Gasteiger partial charge < -0.3 is 18.9 Å². The van der Waals surface area contributed by atoms with Crippen molar-refractivity contribution in [3.63, 3.8) is 0 Å². The number of ether oxygens (including phenoxy) is 4. The fourth-order valence-electron chi connectivity index (χ4n) is 6.36. The molecule has 0 N–H and O–H groups in total. The topological polar surface area (TPSA) is 105 Å². The zero-order valence-electron chi connectivity index (χ0n) is 21.7. The molecule has 8 nitrogen and oxygen atoms in total. The predicted octanol–water partition coefficient (Wildman–Crippen LogP) is 4.46. The number of hydrogen-bond donors (Lipinski definition) is 0. The van der Waals surface area contributed by atoms with Gasteiger partial charge in [-0.25, -0.2) is 9.59 Å². The Morgan fingerprint density at radius 1 is 0.639 bits per heavy atom. The van der Waals surface area contributed by atoms with E-state index in [0.29, 0.717) is 55.1 Å². The summed E-state index contributed by atoms with van der Waals surface area (Å²) < 4.78 is 21.5. The van der Waals surface area contributed by atoms with Crippen LogP contribution in [-0.2, 0) is 38.1 Å². The van der Waals surface area contributed by atoms with Gasteiger partial charge in [0.05, 0.1) is 37.3 Å². The summed E-state index contributed by atoms with van der Waals surface area (Å²) in [4.78, 5) is 49.3. The maximum atomic E-state index is 13.2. The van der Waals surface area contributed by atoms with E-state index >= 15 is 0 Å². The second kappa shape index (κ2) is 12.1. The highest BCUT2D eigenvalue weighted by Gasteiger charge is 2.64. The second-order valence-corrected chi connectivity index (χ2v) is 11.0. The number of hydrogen-bond acceptors (Lipinski definition) is 8. The van der Waals surface area contributed by atoms with Crippen LogP contribution in [0.3, 0.4) is 0 Å². The molecule has 4 rings (SSSR count). The van der Waals surface area contributed by atoms with Crippen LogP contribution in [0.4, 0.5) is 0 Å². The zero-order valence-corrected chi connectivity index (χ0v) is 21.7. The molecule has 0 aromatic carbocycles. The first-order valence-electron chi connectivity index (χ1n) is 13.1. The standard InChI is InChI=1S/C28H40O8/c1-19(2)23(29)33-9-5-7-11-35-25(31)27-14-21-13-22(15-27)17-28(16-21,18-27)26(32)36-12-8-6-10-34-24(30)20(3)4/h21-22H,1,3,5-18H2,2,4H3. The minimum atomic E-state index is -0.605. The van der Waals surface area contributed by atoms with Crippen molar-refractivity contribution in [2.45, 2.75) is 78.1 Å². The second-order valence-electron chi connectivity index (χ2n) is 11.0. The molecule has 0 aromatic rings. The van der Waals surface area contributed by atoms with Crippen molar-refractivity contribution in [2.24, 2.45) is 22.7 Å². The van der Waals surface area contributed by atoms with Crippen molar-refractivity contribution in [1.82, 2.24) is 0 Å². The van der Waals surface area contributed by atoms with Gasteiger partial charge in [-0.05, 0) is 89.9 Å². The van der Waals surface area contributed by atoms with Crippen LogP contribution in [0, 0.1) is 22.7 Å². The fraction of sp³-hybridized carbons (Fsp3) is 0.714. The van der Waals surface area contributed by atoms with Crippen molar-refractivity contribution in [1.29, 1.82) is 0 Å². The van der Waals surface area contributed by atoms with Gasteiger partial charge in [0.25, 0.3) is 0 Å². The highest BCUT2D eigenvalue weighted by molar-refractivity contribution is 5.87. The molecule has 36 heavy (non-hydrogen) atoms. The lowest BCUT2D eigenvalue weighted by molar-refractivity contribution is -0.194. The minimum Gasteiger partial charge on any atom is -0.465 e. The van der Waals surface area contributed by atoms with Crippen LogP contribution in [0.15, 0.2) is 24.3 Å². The van der Waals surface area contributed by atoms with E-state index in [1.165, 1.54) is 0 Å². The molecule has 0 radical (unpaired) electrons. The third-order valence-corrected chi connectivity index (χ3v) is 7.63. The molecule has 0 aliphatic heterocycles. The van der Waals surface area contributed by atoms with Gasteiger partial charge in [0.1, 0.15) is 0 Å². The Kier molecular flexibility index (Phi) is 9.36. The van der Waals surface area contributed by atoms with Crippen LogP contribution in [0.25, 0.3) is 0 Å². The van der Waals surface area contributed by atoms with E-state index < -0.39 is 22.8 Å². The summed E-state index contributed by atoms with van der Waals surface area (Å²) in [7, 11) is 0. The molecule has 0 atom stereocenters. The van der Waals surface area contributed by atoms with Crippen molar-refractivity contribution in [3.8, 4) is 0 Å². The van der Waals surface area contributed by atoms with Crippen LogP contribution < -0.4 is 0 Å². The summed E-state index contributed by atoms with van der Waals surface area (Å²) in [5.74, 6) is -0.545. The maximum absolute atomic E-state index is 13.2. The number of unbranched alkanes of at least 4 members (excludes halogenated alkanes) is 2. The van der Waals surface area contributed by atoms with E-state index in [-0.39, 0.29) is 38.4 Å². The fourth-order valence-corrected chi connectivity index (χ4v) is 6.36. The van der Waals surface area contributed by atoms with Gasteiger partial charge in [0, 0.05) is 11.1 Å². The van der Waals surface area contributed by atoms with E-state index in [1.807, 2.05) is 0 Å². The number of carbonyl (C=O) groups is 4. The Hall–Kier alpha value is -2.64. The van der Waals surface area contributed by atoms with Crippen molar-refractivity contribution in [2.75, 3.05) is 26.4 Å². The smallest absolute Gasteiger partial charge is 0.333 e. The molecule has 200 valence electrons. The summed E-state index contributed by atoms with van der Waals surface area (Å²) in [6, 6.07) is 0. The SMILES string of the molecule is C=C(C)C(=O)OCCCCOC(=O)C12CC3CC(C1)CC(C(=O)OCCCCOC(=O)C(=C)C)(C3)C2. The maximum Gasteiger partial charge on any atom is 0.333 e. The van der Waals surface area contributed by atoms with E-state index in [9.17, 15) is 19.2 Å². The number of carbonyl (C=O) groups excluding carboxylic acids is 4. The molecule has 4 saturated carbocycles. The van der Waals surface area contributed by atoms with Crippen LogP contribution in [0.2, 0.25) is 0 Å². The average molecular weight is 505 g/mol. The molecular formula is C28H40O8. The highest BCUT2D eigenvalue weighted by Crippen LogP contribution is 2.66. The van der Waals surface area contributed by atoms with Gasteiger partial charge >= 0.3 is 23.9 Å². The van der Waals surface area contributed by atoms with Crippen LogP contribution in [0.1, 0.15) is 78.1 Å². The normalized spacial score (nSPS) is 27.7. The van der Waals surface area contributed by atoms with Gasteiger partial charge in [-0.2, -0.15) is 0 Å². The largest absolute Gasteiger partial charge is 0.465 e. The minimum absolute atomic E-state index is 0.202. The highest BCUT2D eigenvalue weighted by atomic mass is 16.5. The van der Waals surface area contributed by atoms with Crippen LogP contribution in [-0.4, -0.2) is 50.3 Å². The third-order valence-electron chi connectivity index (χ3n) is 7.63. The lowest BCUT2D eigenvalue weighted by atomic mass is 9.44. The Bertz CT molecular complexity index is 806. The summed E-state index contributed by atoms with van der Waals surface area (Å²) in [5.41, 5.74) is -0.488. The first-order valence-corrected chi connectivity index (χ1v) is 13.1. The molecule has 0 amide bonds. The molecule has 8 heteroatoms. The Labute approximate surface area is 213 Å². The van der Waals surface area contributed by atoms with E-state index in [1.54, 1.807) is 13.8 Å². The Morgan fingerprint density at radius 2 is 0.972 bits per heavy atom. The van der Waals surface area contributed by atoms with Crippen LogP contribution in [0.5, 0.6) is 0 Å². The molecule has 0 heterocycles. The molecule has 4 bridgehead atoms. The Balaban J connectivity index is 1.44. The average Bonchev–Trinajstić information content (AvgIpc) is 2.81. The first-order chi connectivity index (χ1) is 17.1. The number of rotatable bonds is 14. The number of esters is 4. The zero-order chi connectivity index (χ0) is 26.3. The molecule has 0 unspecified atom stereocenters. The van der Waals surface area contributed by atoms with Crippen LogP contribution >= 0.6 is 0 Å². The summed E-state index contributed by atoms with van der Waals surface area (Å²) >= 11 is 0. The van der Waals surface area contributed by atoms with Gasteiger partial charge in [-0.3, -0.25) is 9.59 Å².